The van der Waals surface area contributed by atoms with Gasteiger partial charge in [-0.2, -0.15) is 0 Å². The maximum Gasteiger partial charge on any atom is 0.344 e. The number of halogens is 2. The number of anilines is 1. The van der Waals surface area contributed by atoms with Crippen LogP contribution in [0.4, 0.5) is 10.1 Å². The third-order valence-electron chi connectivity index (χ3n) is 3.25. The average molecular weight is 410 g/mol. The van der Waals surface area contributed by atoms with E-state index < -0.39 is 24.3 Å². The van der Waals surface area contributed by atoms with Gasteiger partial charge in [-0.1, -0.05) is 12.1 Å². The monoisotopic (exact) mass is 409 g/mol. The first-order valence-corrected chi connectivity index (χ1v) is 8.25. The number of ether oxygens (including phenoxy) is 2. The van der Waals surface area contributed by atoms with Gasteiger partial charge >= 0.3 is 5.97 Å². The molecular weight excluding hydrogens is 393 g/mol. The molecule has 0 radical (unpaired) electrons. The van der Waals surface area contributed by atoms with E-state index >= 15 is 0 Å². The molecule has 25 heavy (non-hydrogen) atoms. The van der Waals surface area contributed by atoms with Gasteiger partial charge in [0.05, 0.1) is 4.47 Å². The molecule has 0 aliphatic carbocycles. The van der Waals surface area contributed by atoms with Crippen LogP contribution >= 0.6 is 15.9 Å². The lowest BCUT2D eigenvalue weighted by Gasteiger charge is -2.09. The number of rotatable bonds is 6. The first-order chi connectivity index (χ1) is 11.8. The predicted octanol–water partition coefficient (Wildman–Crippen LogP) is 3.77. The summed E-state index contributed by atoms with van der Waals surface area (Å²) in [6.07, 6.45) is 0. The SMILES string of the molecule is Cc1ccc(OCC(=O)OCC(=O)Nc2ccc(C)c(F)c2)c(Br)c1. The molecule has 0 spiro atoms. The summed E-state index contributed by atoms with van der Waals surface area (Å²) in [6, 6.07) is 9.74. The largest absolute Gasteiger partial charge is 0.481 e. The van der Waals surface area contributed by atoms with E-state index in [4.69, 9.17) is 9.47 Å². The number of nitrogens with one attached hydrogen (secondary N) is 1. The van der Waals surface area contributed by atoms with Gasteiger partial charge in [0.15, 0.2) is 13.2 Å². The zero-order valence-corrected chi connectivity index (χ0v) is 15.4. The average Bonchev–Trinajstić information content (AvgIpc) is 2.55. The van der Waals surface area contributed by atoms with Gasteiger partial charge in [0.1, 0.15) is 11.6 Å². The molecule has 0 fully saturated rings. The third-order valence-corrected chi connectivity index (χ3v) is 3.87. The molecule has 1 N–H and O–H groups in total. The number of benzene rings is 2. The Bertz CT molecular complexity index is 795. The number of esters is 1. The summed E-state index contributed by atoms with van der Waals surface area (Å²) in [5.74, 6) is -1.17. The van der Waals surface area contributed by atoms with E-state index in [2.05, 4.69) is 21.2 Å². The van der Waals surface area contributed by atoms with Crippen LogP contribution in [-0.2, 0) is 14.3 Å². The zero-order chi connectivity index (χ0) is 18.4. The molecular formula is C18H17BrFNO4. The lowest BCUT2D eigenvalue weighted by atomic mass is 10.2. The van der Waals surface area contributed by atoms with Crippen molar-refractivity contribution < 1.29 is 23.5 Å². The summed E-state index contributed by atoms with van der Waals surface area (Å²) >= 11 is 3.34. The van der Waals surface area contributed by atoms with Gasteiger partial charge < -0.3 is 14.8 Å². The Kier molecular flexibility index (Phi) is 6.52. The second-order valence-electron chi connectivity index (χ2n) is 5.40. The second-order valence-corrected chi connectivity index (χ2v) is 6.25. The Morgan fingerprint density at radius 1 is 1.12 bits per heavy atom. The van der Waals surface area contributed by atoms with Gasteiger partial charge in [0.2, 0.25) is 0 Å². The van der Waals surface area contributed by atoms with Crippen molar-refractivity contribution in [1.82, 2.24) is 0 Å². The molecule has 0 saturated carbocycles. The van der Waals surface area contributed by atoms with E-state index in [1.54, 1.807) is 25.1 Å². The van der Waals surface area contributed by atoms with Crippen LogP contribution in [0.3, 0.4) is 0 Å². The molecule has 0 aliphatic heterocycles. The van der Waals surface area contributed by atoms with Gasteiger partial charge in [0.25, 0.3) is 5.91 Å². The molecule has 0 bridgehead atoms. The fourth-order valence-corrected chi connectivity index (χ4v) is 2.52. The van der Waals surface area contributed by atoms with Crippen molar-refractivity contribution in [3.8, 4) is 5.75 Å². The van der Waals surface area contributed by atoms with E-state index in [0.717, 1.165) is 10.0 Å². The number of amides is 1. The standard InChI is InChI=1S/C18H17BrFNO4/c1-11-3-6-16(14(19)7-11)24-10-18(23)25-9-17(22)21-13-5-4-12(2)15(20)8-13/h3-8H,9-10H2,1-2H3,(H,21,22). The molecule has 0 aliphatic rings. The molecule has 2 aromatic carbocycles. The van der Waals surface area contributed by atoms with Crippen molar-refractivity contribution >= 4 is 33.5 Å². The Morgan fingerprint density at radius 2 is 1.88 bits per heavy atom. The van der Waals surface area contributed by atoms with Crippen LogP contribution in [0.5, 0.6) is 5.75 Å². The van der Waals surface area contributed by atoms with Crippen LogP contribution < -0.4 is 10.1 Å². The number of hydrogen-bond donors (Lipinski definition) is 1. The van der Waals surface area contributed by atoms with Crippen LogP contribution in [0, 0.1) is 19.7 Å². The minimum absolute atomic E-state index is 0.295. The first kappa shape index (κ1) is 18.9. The van der Waals surface area contributed by atoms with Crippen LogP contribution in [0.2, 0.25) is 0 Å². The lowest BCUT2D eigenvalue weighted by molar-refractivity contribution is -0.149. The summed E-state index contributed by atoms with van der Waals surface area (Å²) in [4.78, 5) is 23.4. The number of carbonyl (C=O) groups is 2. The molecule has 7 heteroatoms. The maximum atomic E-state index is 13.4. The molecule has 132 valence electrons. The normalized spacial score (nSPS) is 10.2. The van der Waals surface area contributed by atoms with Crippen LogP contribution in [-0.4, -0.2) is 25.1 Å². The van der Waals surface area contributed by atoms with Crippen LogP contribution in [0.25, 0.3) is 0 Å². The molecule has 5 nitrogen and oxygen atoms in total. The molecule has 0 aromatic heterocycles. The molecule has 0 unspecified atom stereocenters. The summed E-state index contributed by atoms with van der Waals surface area (Å²) in [5.41, 5.74) is 1.82. The second kappa shape index (κ2) is 8.62. The van der Waals surface area contributed by atoms with Gasteiger partial charge in [-0.05, 0) is 65.2 Å². The summed E-state index contributed by atoms with van der Waals surface area (Å²) in [6.45, 7) is 2.75. The Labute approximate surface area is 153 Å². The summed E-state index contributed by atoms with van der Waals surface area (Å²) in [7, 11) is 0. The maximum absolute atomic E-state index is 13.4. The molecule has 2 aromatic rings. The Morgan fingerprint density at radius 3 is 2.56 bits per heavy atom. The van der Waals surface area contributed by atoms with Gasteiger partial charge in [0, 0.05) is 5.69 Å². The fourth-order valence-electron chi connectivity index (χ4n) is 1.91. The highest BCUT2D eigenvalue weighted by atomic mass is 79.9. The van der Waals surface area contributed by atoms with Crippen molar-refractivity contribution in [2.45, 2.75) is 13.8 Å². The zero-order valence-electron chi connectivity index (χ0n) is 13.8. The molecule has 2 rings (SSSR count). The molecule has 0 atom stereocenters. The molecule has 0 saturated heterocycles. The van der Waals surface area contributed by atoms with E-state index in [1.807, 2.05) is 19.1 Å². The Hall–Kier alpha value is -2.41. The van der Waals surface area contributed by atoms with Crippen molar-refractivity contribution in [2.24, 2.45) is 0 Å². The Balaban J connectivity index is 1.77. The molecule has 1 amide bonds. The highest BCUT2D eigenvalue weighted by molar-refractivity contribution is 9.10. The van der Waals surface area contributed by atoms with Gasteiger partial charge in [-0.15, -0.1) is 0 Å². The third kappa shape index (κ3) is 5.86. The lowest BCUT2D eigenvalue weighted by Crippen LogP contribution is -2.23. The number of aryl methyl sites for hydroxylation is 2. The highest BCUT2D eigenvalue weighted by Crippen LogP contribution is 2.25. The first-order valence-electron chi connectivity index (χ1n) is 7.45. The van der Waals surface area contributed by atoms with Crippen molar-refractivity contribution in [1.29, 1.82) is 0 Å². The smallest absolute Gasteiger partial charge is 0.344 e. The van der Waals surface area contributed by atoms with Crippen molar-refractivity contribution in [3.05, 3.63) is 57.8 Å². The summed E-state index contributed by atoms with van der Waals surface area (Å²) < 4.78 is 24.3. The number of hydrogen-bond acceptors (Lipinski definition) is 4. The van der Waals surface area contributed by atoms with Crippen LogP contribution in [0.15, 0.2) is 40.9 Å². The topological polar surface area (TPSA) is 64.6 Å². The predicted molar refractivity (Wildman–Crippen MR) is 95.1 cm³/mol. The fraction of sp³-hybridized carbons (Fsp3) is 0.222. The van der Waals surface area contributed by atoms with Gasteiger partial charge in [-0.25, -0.2) is 9.18 Å². The van der Waals surface area contributed by atoms with Gasteiger partial charge in [-0.3, -0.25) is 4.79 Å². The molecule has 0 heterocycles. The quantitative estimate of drug-likeness (QED) is 0.737. The minimum Gasteiger partial charge on any atom is -0.481 e. The van der Waals surface area contributed by atoms with Crippen LogP contribution in [0.1, 0.15) is 11.1 Å². The van der Waals surface area contributed by atoms with E-state index in [1.165, 1.54) is 6.07 Å². The van der Waals surface area contributed by atoms with Crippen molar-refractivity contribution in [2.75, 3.05) is 18.5 Å². The number of carbonyl (C=O) groups excluding carboxylic acids is 2. The van der Waals surface area contributed by atoms with Crippen molar-refractivity contribution in [3.63, 3.8) is 0 Å². The summed E-state index contributed by atoms with van der Waals surface area (Å²) in [5, 5.41) is 2.45. The van der Waals surface area contributed by atoms with E-state index in [-0.39, 0.29) is 6.61 Å². The highest BCUT2D eigenvalue weighted by Gasteiger charge is 2.11. The minimum atomic E-state index is -0.683. The van der Waals surface area contributed by atoms with E-state index in [0.29, 0.717) is 17.0 Å². The van der Waals surface area contributed by atoms with E-state index in [9.17, 15) is 14.0 Å².